The Kier molecular flexibility index (Phi) is 3.81. The molecule has 2 heterocycles. The minimum absolute atomic E-state index is 0.113. The molecule has 6 heteroatoms. The predicted octanol–water partition coefficient (Wildman–Crippen LogP) is 0.509. The van der Waals surface area contributed by atoms with E-state index in [0.717, 1.165) is 11.3 Å². The van der Waals surface area contributed by atoms with Crippen molar-refractivity contribution in [3.05, 3.63) is 47.7 Å². The third-order valence-electron chi connectivity index (χ3n) is 2.71. The zero-order chi connectivity index (χ0) is 13.0. The highest BCUT2D eigenvalue weighted by Gasteiger charge is 2.14. The van der Waals surface area contributed by atoms with Crippen LogP contribution in [0.25, 0.3) is 0 Å². The fourth-order valence-corrected chi connectivity index (χ4v) is 1.76. The van der Waals surface area contributed by atoms with Gasteiger partial charge in [0.15, 0.2) is 0 Å². The Balaban J connectivity index is 2.23. The number of hydrazine groups is 1. The standard InChI is InChI=1S/C12H16N6/c1-8-15-6-4-10(17-8)11(18-14)7-9-3-2-5-16-12(9)13/h2-6,11,18H,7,14H2,1H3,(H2,13,16). The normalized spacial score (nSPS) is 12.3. The van der Waals surface area contributed by atoms with Gasteiger partial charge in [-0.3, -0.25) is 11.3 Å². The molecule has 1 unspecified atom stereocenters. The van der Waals surface area contributed by atoms with Crippen molar-refractivity contribution in [3.63, 3.8) is 0 Å². The van der Waals surface area contributed by atoms with E-state index >= 15 is 0 Å². The fourth-order valence-electron chi connectivity index (χ4n) is 1.76. The maximum absolute atomic E-state index is 5.82. The topological polar surface area (TPSA) is 103 Å². The number of hydrogen-bond donors (Lipinski definition) is 3. The zero-order valence-corrected chi connectivity index (χ0v) is 10.2. The minimum atomic E-state index is -0.113. The first-order chi connectivity index (χ1) is 8.70. The van der Waals surface area contributed by atoms with Gasteiger partial charge in [-0.05, 0) is 31.0 Å². The van der Waals surface area contributed by atoms with Gasteiger partial charge >= 0.3 is 0 Å². The second-order valence-corrected chi connectivity index (χ2v) is 4.00. The first kappa shape index (κ1) is 12.4. The molecule has 0 spiro atoms. The van der Waals surface area contributed by atoms with Crippen LogP contribution in [0.1, 0.15) is 23.1 Å². The summed E-state index contributed by atoms with van der Waals surface area (Å²) in [5, 5.41) is 0. The molecular formula is C12H16N6. The van der Waals surface area contributed by atoms with Crippen molar-refractivity contribution in [3.8, 4) is 0 Å². The van der Waals surface area contributed by atoms with Crippen molar-refractivity contribution in [1.29, 1.82) is 0 Å². The van der Waals surface area contributed by atoms with Gasteiger partial charge in [0, 0.05) is 12.4 Å². The van der Waals surface area contributed by atoms with E-state index in [1.807, 2.05) is 25.1 Å². The lowest BCUT2D eigenvalue weighted by atomic mass is 10.0. The van der Waals surface area contributed by atoms with Crippen molar-refractivity contribution in [2.45, 2.75) is 19.4 Å². The number of hydrogen-bond acceptors (Lipinski definition) is 6. The lowest BCUT2D eigenvalue weighted by molar-refractivity contribution is 0.535. The summed E-state index contributed by atoms with van der Waals surface area (Å²) in [7, 11) is 0. The van der Waals surface area contributed by atoms with E-state index in [1.54, 1.807) is 12.4 Å². The maximum Gasteiger partial charge on any atom is 0.126 e. The Bertz CT molecular complexity index is 527. The average Bonchev–Trinajstić information content (AvgIpc) is 2.38. The van der Waals surface area contributed by atoms with E-state index in [-0.39, 0.29) is 6.04 Å². The third-order valence-corrected chi connectivity index (χ3v) is 2.71. The molecule has 0 fully saturated rings. The summed E-state index contributed by atoms with van der Waals surface area (Å²) in [4.78, 5) is 12.5. The highest BCUT2D eigenvalue weighted by molar-refractivity contribution is 5.39. The smallest absolute Gasteiger partial charge is 0.126 e. The van der Waals surface area contributed by atoms with Crippen LogP contribution >= 0.6 is 0 Å². The largest absolute Gasteiger partial charge is 0.383 e. The number of rotatable bonds is 4. The van der Waals surface area contributed by atoms with Crippen LogP contribution in [0.2, 0.25) is 0 Å². The number of nitrogens with one attached hydrogen (secondary N) is 1. The number of anilines is 1. The maximum atomic E-state index is 5.82. The molecule has 0 radical (unpaired) electrons. The molecule has 0 aromatic carbocycles. The monoisotopic (exact) mass is 244 g/mol. The minimum Gasteiger partial charge on any atom is -0.383 e. The molecular weight excluding hydrogens is 228 g/mol. The number of nitrogen functional groups attached to an aromatic ring is 1. The van der Waals surface area contributed by atoms with E-state index in [2.05, 4.69) is 20.4 Å². The van der Waals surface area contributed by atoms with Gasteiger partial charge in [0.2, 0.25) is 0 Å². The second-order valence-electron chi connectivity index (χ2n) is 4.00. The number of aromatic nitrogens is 3. The lowest BCUT2D eigenvalue weighted by Gasteiger charge is -2.16. The van der Waals surface area contributed by atoms with Crippen LogP contribution in [-0.2, 0) is 6.42 Å². The van der Waals surface area contributed by atoms with E-state index < -0.39 is 0 Å². The molecule has 0 bridgehead atoms. The van der Waals surface area contributed by atoms with Crippen molar-refractivity contribution in [2.24, 2.45) is 5.84 Å². The van der Waals surface area contributed by atoms with E-state index in [0.29, 0.717) is 18.1 Å². The fraction of sp³-hybridized carbons (Fsp3) is 0.250. The Morgan fingerprint density at radius 2 is 2.11 bits per heavy atom. The lowest BCUT2D eigenvalue weighted by Crippen LogP contribution is -2.30. The van der Waals surface area contributed by atoms with E-state index in [9.17, 15) is 0 Å². The zero-order valence-electron chi connectivity index (χ0n) is 10.2. The molecule has 2 rings (SSSR count). The van der Waals surface area contributed by atoms with E-state index in [4.69, 9.17) is 11.6 Å². The van der Waals surface area contributed by atoms with Crippen LogP contribution in [0.4, 0.5) is 5.82 Å². The van der Waals surface area contributed by atoms with Crippen LogP contribution in [0, 0.1) is 6.92 Å². The van der Waals surface area contributed by atoms with Crippen LogP contribution in [0.5, 0.6) is 0 Å². The molecule has 0 aliphatic heterocycles. The molecule has 0 aliphatic carbocycles. The SMILES string of the molecule is Cc1nccc(C(Cc2cccnc2N)NN)n1. The summed E-state index contributed by atoms with van der Waals surface area (Å²) in [6.45, 7) is 1.84. The number of aryl methyl sites for hydroxylation is 1. The summed E-state index contributed by atoms with van der Waals surface area (Å²) < 4.78 is 0. The Hall–Kier alpha value is -2.05. The predicted molar refractivity (Wildman–Crippen MR) is 69.2 cm³/mol. The highest BCUT2D eigenvalue weighted by atomic mass is 15.2. The van der Waals surface area contributed by atoms with Gasteiger partial charge in [-0.2, -0.15) is 0 Å². The molecule has 5 N–H and O–H groups in total. The Morgan fingerprint density at radius 3 is 2.78 bits per heavy atom. The quantitative estimate of drug-likeness (QED) is 0.535. The van der Waals surface area contributed by atoms with Crippen LogP contribution < -0.4 is 17.0 Å². The molecule has 0 amide bonds. The van der Waals surface area contributed by atoms with Gasteiger partial charge in [0.25, 0.3) is 0 Å². The number of pyridine rings is 1. The molecule has 2 aromatic rings. The van der Waals surface area contributed by atoms with Crippen LogP contribution in [-0.4, -0.2) is 15.0 Å². The second kappa shape index (κ2) is 5.52. The molecule has 94 valence electrons. The van der Waals surface area contributed by atoms with Gasteiger partial charge < -0.3 is 5.73 Å². The molecule has 0 saturated carbocycles. The molecule has 2 aromatic heterocycles. The molecule has 0 saturated heterocycles. The summed E-state index contributed by atoms with van der Waals surface area (Å²) in [5.41, 5.74) is 10.3. The van der Waals surface area contributed by atoms with Crippen molar-refractivity contribution in [2.75, 3.05) is 5.73 Å². The van der Waals surface area contributed by atoms with Crippen molar-refractivity contribution < 1.29 is 0 Å². The summed E-state index contributed by atoms with van der Waals surface area (Å²) >= 11 is 0. The van der Waals surface area contributed by atoms with Crippen molar-refractivity contribution in [1.82, 2.24) is 20.4 Å². The molecule has 0 aliphatic rings. The summed E-state index contributed by atoms with van der Waals surface area (Å²) in [6, 6.07) is 5.51. The molecule has 6 nitrogen and oxygen atoms in total. The third kappa shape index (κ3) is 2.79. The molecule has 1 atom stereocenters. The van der Waals surface area contributed by atoms with Crippen LogP contribution in [0.3, 0.4) is 0 Å². The first-order valence-electron chi connectivity index (χ1n) is 5.65. The van der Waals surface area contributed by atoms with Gasteiger partial charge in [0.05, 0.1) is 11.7 Å². The van der Waals surface area contributed by atoms with Gasteiger partial charge in [-0.25, -0.2) is 15.0 Å². The Morgan fingerprint density at radius 1 is 1.28 bits per heavy atom. The average molecular weight is 244 g/mol. The number of nitrogens with zero attached hydrogens (tertiary/aromatic N) is 3. The first-order valence-corrected chi connectivity index (χ1v) is 5.65. The van der Waals surface area contributed by atoms with Gasteiger partial charge in [-0.15, -0.1) is 0 Å². The number of nitrogens with two attached hydrogens (primary N) is 2. The van der Waals surface area contributed by atoms with Gasteiger partial charge in [-0.1, -0.05) is 6.07 Å². The van der Waals surface area contributed by atoms with Gasteiger partial charge in [0.1, 0.15) is 11.6 Å². The molecule has 18 heavy (non-hydrogen) atoms. The highest BCUT2D eigenvalue weighted by Crippen LogP contribution is 2.18. The summed E-state index contributed by atoms with van der Waals surface area (Å²) in [6.07, 6.45) is 4.01. The Labute approximate surface area is 105 Å². The van der Waals surface area contributed by atoms with Crippen LogP contribution in [0.15, 0.2) is 30.6 Å². The van der Waals surface area contributed by atoms with Crippen molar-refractivity contribution >= 4 is 5.82 Å². The summed E-state index contributed by atoms with van der Waals surface area (Å²) in [5.74, 6) is 6.81. The van der Waals surface area contributed by atoms with E-state index in [1.165, 1.54) is 0 Å².